The monoisotopic (exact) mass is 456 g/mol. The summed E-state index contributed by atoms with van der Waals surface area (Å²) in [6.07, 6.45) is 3.44. The maximum atomic E-state index is 12.4. The molecule has 2 atom stereocenters. The van der Waals surface area contributed by atoms with Crippen molar-refractivity contribution in [3.63, 3.8) is 0 Å². The molecule has 0 radical (unpaired) electrons. The number of nitrogens with two attached hydrogens (primary N) is 1. The van der Waals surface area contributed by atoms with E-state index in [9.17, 15) is 4.79 Å². The van der Waals surface area contributed by atoms with Gasteiger partial charge in [0.25, 0.3) is 0 Å². The van der Waals surface area contributed by atoms with Gasteiger partial charge in [-0.1, -0.05) is 6.42 Å². The molecule has 8 nitrogen and oxygen atoms in total. The Bertz CT molecular complexity index is 561. The third kappa shape index (κ3) is 11.9. The topological polar surface area (TPSA) is 83.8 Å². The molecule has 32 heavy (non-hydrogen) atoms. The highest BCUT2D eigenvalue weighted by Gasteiger charge is 2.43. The minimum atomic E-state index is -0.455. The number of rotatable bonds is 10. The lowest BCUT2D eigenvalue weighted by atomic mass is 10.2. The van der Waals surface area contributed by atoms with E-state index in [1.807, 2.05) is 20.8 Å². The molecule has 2 heterocycles. The van der Waals surface area contributed by atoms with Crippen LogP contribution >= 0.6 is 0 Å². The molecule has 0 aromatic rings. The van der Waals surface area contributed by atoms with Crippen LogP contribution in [0.2, 0.25) is 0 Å². The fourth-order valence-corrected chi connectivity index (χ4v) is 3.92. The van der Waals surface area contributed by atoms with Gasteiger partial charge in [-0.25, -0.2) is 0 Å². The van der Waals surface area contributed by atoms with Gasteiger partial charge in [0.05, 0.1) is 12.1 Å². The Balaban J connectivity index is 1.92. The van der Waals surface area contributed by atoms with E-state index in [1.165, 1.54) is 6.42 Å². The Kier molecular flexibility index (Phi) is 10.8. The molecule has 8 heteroatoms. The predicted molar refractivity (Wildman–Crippen MR) is 128 cm³/mol. The molecule has 2 saturated heterocycles. The first-order valence-corrected chi connectivity index (χ1v) is 12.4. The summed E-state index contributed by atoms with van der Waals surface area (Å²) in [6.45, 7) is 20.6. The van der Waals surface area contributed by atoms with E-state index in [1.54, 1.807) is 0 Å². The van der Waals surface area contributed by atoms with Gasteiger partial charge < -0.3 is 24.8 Å². The molecular formula is C24H48N4O4. The van der Waals surface area contributed by atoms with Crippen molar-refractivity contribution in [2.24, 2.45) is 5.73 Å². The Morgan fingerprint density at radius 3 is 2.03 bits per heavy atom. The van der Waals surface area contributed by atoms with Gasteiger partial charge >= 0.3 is 5.97 Å². The highest BCUT2D eigenvalue weighted by atomic mass is 16.8. The fraction of sp³-hybridized carbons (Fsp3) is 0.958. The van der Waals surface area contributed by atoms with E-state index < -0.39 is 5.60 Å². The van der Waals surface area contributed by atoms with Crippen molar-refractivity contribution in [3.05, 3.63) is 0 Å². The predicted octanol–water partition coefficient (Wildman–Crippen LogP) is 1.92. The first kappa shape index (κ1) is 27.5. The SMILES string of the molecule is CC(C)(C)OC(=O)CN1CCN(CCCCCN)CCN(CC2OC2OC(C)(C)C)CC1. The molecule has 0 aromatic carbocycles. The highest BCUT2D eigenvalue weighted by molar-refractivity contribution is 5.72. The Hall–Kier alpha value is -0.770. The molecular weight excluding hydrogens is 408 g/mol. The summed E-state index contributed by atoms with van der Waals surface area (Å²) < 4.78 is 17.3. The number of ether oxygens (including phenoxy) is 3. The lowest BCUT2D eigenvalue weighted by molar-refractivity contribution is -0.156. The first-order chi connectivity index (χ1) is 14.9. The van der Waals surface area contributed by atoms with Crippen LogP contribution in [0.4, 0.5) is 0 Å². The van der Waals surface area contributed by atoms with Gasteiger partial charge in [-0.15, -0.1) is 0 Å². The van der Waals surface area contributed by atoms with Gasteiger partial charge in [0.1, 0.15) is 11.7 Å². The third-order valence-corrected chi connectivity index (χ3v) is 5.59. The van der Waals surface area contributed by atoms with Crippen LogP contribution in [0.1, 0.15) is 60.8 Å². The Labute approximate surface area is 195 Å². The number of hydrogen-bond acceptors (Lipinski definition) is 8. The Morgan fingerprint density at radius 1 is 0.875 bits per heavy atom. The molecule has 0 spiro atoms. The normalized spacial score (nSPS) is 24.6. The molecule has 2 rings (SSSR count). The third-order valence-electron chi connectivity index (χ3n) is 5.59. The highest BCUT2D eigenvalue weighted by Crippen LogP contribution is 2.29. The summed E-state index contributed by atoms with van der Waals surface area (Å²) in [7, 11) is 0. The second-order valence-electron chi connectivity index (χ2n) is 11.1. The molecule has 2 aliphatic heterocycles. The number of epoxide rings is 1. The first-order valence-electron chi connectivity index (χ1n) is 12.4. The van der Waals surface area contributed by atoms with Crippen molar-refractivity contribution in [1.82, 2.24) is 14.7 Å². The number of hydrogen-bond donors (Lipinski definition) is 1. The minimum absolute atomic E-state index is 0.104. The van der Waals surface area contributed by atoms with Crippen LogP contribution in [0.15, 0.2) is 0 Å². The number of unbranched alkanes of at least 4 members (excludes halogenated alkanes) is 2. The standard InChI is InChI=1S/C24H48N4O4/c1-23(2,3)31-21(29)19-28-15-13-26(11-9-7-8-10-25)12-14-27(16-17-28)18-20-22(30-20)32-24(4,5)6/h20,22H,7-19,25H2,1-6H3. The zero-order valence-corrected chi connectivity index (χ0v) is 21.4. The minimum Gasteiger partial charge on any atom is -0.459 e. The average molecular weight is 457 g/mol. The van der Waals surface area contributed by atoms with Crippen molar-refractivity contribution in [3.8, 4) is 0 Å². The maximum Gasteiger partial charge on any atom is 0.320 e. The smallest absolute Gasteiger partial charge is 0.320 e. The maximum absolute atomic E-state index is 12.4. The van der Waals surface area contributed by atoms with Gasteiger partial charge in [-0.2, -0.15) is 0 Å². The van der Waals surface area contributed by atoms with E-state index >= 15 is 0 Å². The van der Waals surface area contributed by atoms with E-state index in [0.717, 1.165) is 71.7 Å². The molecule has 0 aliphatic carbocycles. The second kappa shape index (κ2) is 12.6. The van der Waals surface area contributed by atoms with Crippen molar-refractivity contribution < 1.29 is 19.0 Å². The lowest BCUT2D eigenvalue weighted by Gasteiger charge is -2.27. The molecule has 0 saturated carbocycles. The summed E-state index contributed by atoms with van der Waals surface area (Å²) >= 11 is 0. The van der Waals surface area contributed by atoms with Gasteiger partial charge in [0, 0.05) is 45.8 Å². The van der Waals surface area contributed by atoms with E-state index in [-0.39, 0.29) is 24.0 Å². The number of carbonyl (C=O) groups excluding carboxylic acids is 1. The number of carbonyl (C=O) groups is 1. The van der Waals surface area contributed by atoms with Gasteiger partial charge in [-0.05, 0) is 67.5 Å². The van der Waals surface area contributed by atoms with Crippen LogP contribution in [0.5, 0.6) is 0 Å². The largest absolute Gasteiger partial charge is 0.459 e. The quantitative estimate of drug-likeness (QED) is 0.303. The van der Waals surface area contributed by atoms with Crippen molar-refractivity contribution >= 4 is 5.97 Å². The molecule has 0 aromatic heterocycles. The molecule has 188 valence electrons. The fourth-order valence-electron chi connectivity index (χ4n) is 3.92. The Morgan fingerprint density at radius 2 is 1.47 bits per heavy atom. The summed E-state index contributed by atoms with van der Waals surface area (Å²) in [5, 5.41) is 0. The number of nitrogens with zero attached hydrogens (tertiary/aromatic N) is 3. The van der Waals surface area contributed by atoms with Crippen molar-refractivity contribution in [2.45, 2.75) is 84.4 Å². The zero-order valence-electron chi connectivity index (χ0n) is 21.4. The molecule has 0 bridgehead atoms. The molecule has 2 aliphatic rings. The summed E-state index contributed by atoms with van der Waals surface area (Å²) in [5.74, 6) is -0.151. The van der Waals surface area contributed by atoms with Gasteiger partial charge in [-0.3, -0.25) is 14.6 Å². The summed E-state index contributed by atoms with van der Waals surface area (Å²) in [5.41, 5.74) is 5.00. The van der Waals surface area contributed by atoms with E-state index in [0.29, 0.717) is 6.54 Å². The van der Waals surface area contributed by atoms with Crippen LogP contribution in [-0.4, -0.2) is 110 Å². The van der Waals surface area contributed by atoms with Crippen LogP contribution in [0, 0.1) is 0 Å². The van der Waals surface area contributed by atoms with Crippen LogP contribution in [0.3, 0.4) is 0 Å². The molecule has 0 amide bonds. The average Bonchev–Trinajstić information content (AvgIpc) is 3.34. The second-order valence-corrected chi connectivity index (χ2v) is 11.1. The molecule has 2 unspecified atom stereocenters. The van der Waals surface area contributed by atoms with Crippen LogP contribution < -0.4 is 5.73 Å². The number of esters is 1. The molecule has 2 N–H and O–H groups in total. The van der Waals surface area contributed by atoms with Gasteiger partial charge in [0.15, 0.2) is 6.29 Å². The van der Waals surface area contributed by atoms with Crippen molar-refractivity contribution in [2.75, 3.05) is 65.4 Å². The van der Waals surface area contributed by atoms with Crippen molar-refractivity contribution in [1.29, 1.82) is 0 Å². The lowest BCUT2D eigenvalue weighted by Crippen LogP contribution is -2.41. The molecule has 2 fully saturated rings. The summed E-state index contributed by atoms with van der Waals surface area (Å²) in [6, 6.07) is 0. The van der Waals surface area contributed by atoms with E-state index in [2.05, 4.69) is 35.5 Å². The van der Waals surface area contributed by atoms with Crippen LogP contribution in [0.25, 0.3) is 0 Å². The van der Waals surface area contributed by atoms with Gasteiger partial charge in [0.2, 0.25) is 0 Å². The van der Waals surface area contributed by atoms with Crippen LogP contribution in [-0.2, 0) is 19.0 Å². The summed E-state index contributed by atoms with van der Waals surface area (Å²) in [4.78, 5) is 19.7. The van der Waals surface area contributed by atoms with E-state index in [4.69, 9.17) is 19.9 Å². The zero-order chi connectivity index (χ0) is 23.8.